The smallest absolute Gasteiger partial charge is 0.340 e. The quantitative estimate of drug-likeness (QED) is 0.851. The van der Waals surface area contributed by atoms with E-state index in [1.54, 1.807) is 6.07 Å². The molecule has 7 heteroatoms. The van der Waals surface area contributed by atoms with Gasteiger partial charge in [-0.15, -0.1) is 0 Å². The van der Waals surface area contributed by atoms with Crippen LogP contribution in [0.25, 0.3) is 0 Å². The summed E-state index contributed by atoms with van der Waals surface area (Å²) in [6, 6.07) is 4.34. The average Bonchev–Trinajstić information content (AvgIpc) is 2.46. The number of nitrogens with two attached hydrogens (primary N) is 1. The number of sulfonamides is 1. The van der Waals surface area contributed by atoms with Gasteiger partial charge in [-0.05, 0) is 37.0 Å². The van der Waals surface area contributed by atoms with E-state index < -0.39 is 16.0 Å². The van der Waals surface area contributed by atoms with Crippen molar-refractivity contribution in [3.63, 3.8) is 0 Å². The number of piperidine rings is 1. The number of hydrogen-bond donors (Lipinski definition) is 1. The molecule has 1 aromatic carbocycles. The molecular formula is C14H20N2O4S. The minimum atomic E-state index is -3.85. The number of benzene rings is 1. The van der Waals surface area contributed by atoms with Crippen molar-refractivity contribution in [3.8, 4) is 0 Å². The van der Waals surface area contributed by atoms with Crippen molar-refractivity contribution in [1.29, 1.82) is 0 Å². The zero-order valence-electron chi connectivity index (χ0n) is 12.2. The first-order valence-electron chi connectivity index (χ1n) is 6.83. The minimum Gasteiger partial charge on any atom is -0.465 e. The first-order chi connectivity index (χ1) is 9.82. The SMILES string of the molecule is COC(=O)c1cc(S(N)(=O)=O)ccc1N1CCC(C)CC1. The highest BCUT2D eigenvalue weighted by Gasteiger charge is 2.23. The minimum absolute atomic E-state index is 0.0861. The number of hydrogen-bond acceptors (Lipinski definition) is 5. The molecule has 0 aromatic heterocycles. The lowest BCUT2D eigenvalue weighted by Gasteiger charge is -2.33. The van der Waals surface area contributed by atoms with Gasteiger partial charge in [-0.1, -0.05) is 6.92 Å². The molecule has 0 saturated carbocycles. The number of ether oxygens (including phenoxy) is 1. The van der Waals surface area contributed by atoms with Crippen molar-refractivity contribution in [2.45, 2.75) is 24.7 Å². The molecule has 0 spiro atoms. The third kappa shape index (κ3) is 3.54. The van der Waals surface area contributed by atoms with Gasteiger partial charge in [0.15, 0.2) is 0 Å². The van der Waals surface area contributed by atoms with Gasteiger partial charge in [0.1, 0.15) is 0 Å². The van der Waals surface area contributed by atoms with Gasteiger partial charge in [0, 0.05) is 13.1 Å². The molecule has 0 aliphatic carbocycles. The molecule has 0 bridgehead atoms. The Hall–Kier alpha value is -1.60. The fraction of sp³-hybridized carbons (Fsp3) is 0.500. The van der Waals surface area contributed by atoms with Crippen LogP contribution < -0.4 is 10.0 Å². The van der Waals surface area contributed by atoms with Gasteiger partial charge in [-0.3, -0.25) is 0 Å². The molecule has 1 heterocycles. The van der Waals surface area contributed by atoms with E-state index in [-0.39, 0.29) is 10.5 Å². The highest BCUT2D eigenvalue weighted by atomic mass is 32.2. The van der Waals surface area contributed by atoms with Crippen LogP contribution in [-0.2, 0) is 14.8 Å². The number of carbonyl (C=O) groups excluding carboxylic acids is 1. The van der Waals surface area contributed by atoms with Gasteiger partial charge in [-0.2, -0.15) is 0 Å². The van der Waals surface area contributed by atoms with E-state index in [9.17, 15) is 13.2 Å². The fourth-order valence-electron chi connectivity index (χ4n) is 2.49. The number of primary sulfonamides is 1. The van der Waals surface area contributed by atoms with E-state index in [4.69, 9.17) is 9.88 Å². The van der Waals surface area contributed by atoms with Crippen molar-refractivity contribution in [3.05, 3.63) is 23.8 Å². The predicted octanol–water partition coefficient (Wildman–Crippen LogP) is 1.36. The number of anilines is 1. The second-order valence-corrected chi connectivity index (χ2v) is 6.95. The standard InChI is InChI=1S/C14H20N2O4S/c1-10-5-7-16(8-6-10)13-4-3-11(21(15,18)19)9-12(13)14(17)20-2/h3-4,9-10H,5-8H2,1-2H3,(H2,15,18,19). The summed E-state index contributed by atoms with van der Waals surface area (Å²) in [6.07, 6.45) is 2.08. The summed E-state index contributed by atoms with van der Waals surface area (Å²) < 4.78 is 27.6. The predicted molar refractivity (Wildman–Crippen MR) is 79.8 cm³/mol. The zero-order valence-corrected chi connectivity index (χ0v) is 13.0. The van der Waals surface area contributed by atoms with E-state index in [0.717, 1.165) is 25.9 Å². The van der Waals surface area contributed by atoms with E-state index >= 15 is 0 Å². The highest BCUT2D eigenvalue weighted by Crippen LogP contribution is 2.28. The maximum Gasteiger partial charge on any atom is 0.340 e. The molecular weight excluding hydrogens is 292 g/mol. The van der Waals surface area contributed by atoms with Crippen LogP contribution in [0.2, 0.25) is 0 Å². The summed E-state index contributed by atoms with van der Waals surface area (Å²) in [5, 5.41) is 5.12. The third-order valence-electron chi connectivity index (χ3n) is 3.83. The summed E-state index contributed by atoms with van der Waals surface area (Å²) in [4.78, 5) is 13.9. The maximum atomic E-state index is 11.9. The Morgan fingerprint density at radius 3 is 2.48 bits per heavy atom. The van der Waals surface area contributed by atoms with Crippen LogP contribution in [0.5, 0.6) is 0 Å². The molecule has 2 N–H and O–H groups in total. The fourth-order valence-corrected chi connectivity index (χ4v) is 3.03. The van der Waals surface area contributed by atoms with Crippen LogP contribution in [0.4, 0.5) is 5.69 Å². The largest absolute Gasteiger partial charge is 0.465 e. The Morgan fingerprint density at radius 1 is 1.33 bits per heavy atom. The Bertz CT molecular complexity index is 634. The first kappa shape index (κ1) is 15.8. The first-order valence-corrected chi connectivity index (χ1v) is 8.37. The number of methoxy groups -OCH3 is 1. The summed E-state index contributed by atoms with van der Waals surface area (Å²) in [5.74, 6) is 0.0978. The van der Waals surface area contributed by atoms with Crippen LogP contribution in [0.1, 0.15) is 30.1 Å². The van der Waals surface area contributed by atoms with Crippen LogP contribution in [0, 0.1) is 5.92 Å². The average molecular weight is 312 g/mol. The lowest BCUT2D eigenvalue weighted by molar-refractivity contribution is 0.0601. The maximum absolute atomic E-state index is 11.9. The van der Waals surface area contributed by atoms with Gasteiger partial charge < -0.3 is 9.64 Å². The van der Waals surface area contributed by atoms with Crippen molar-refractivity contribution in [2.24, 2.45) is 11.1 Å². The molecule has 6 nitrogen and oxygen atoms in total. The van der Waals surface area contributed by atoms with Gasteiger partial charge in [-0.25, -0.2) is 18.4 Å². The molecule has 1 aliphatic rings. The van der Waals surface area contributed by atoms with Crippen LogP contribution in [-0.4, -0.2) is 34.6 Å². The molecule has 0 radical (unpaired) electrons. The number of rotatable bonds is 3. The summed E-state index contributed by atoms with van der Waals surface area (Å²) >= 11 is 0. The molecule has 116 valence electrons. The van der Waals surface area contributed by atoms with E-state index in [0.29, 0.717) is 11.6 Å². The molecule has 1 aliphatic heterocycles. The second-order valence-electron chi connectivity index (χ2n) is 5.39. The zero-order chi connectivity index (χ0) is 15.6. The lowest BCUT2D eigenvalue weighted by Crippen LogP contribution is -2.34. The molecule has 2 rings (SSSR count). The molecule has 0 unspecified atom stereocenters. The Morgan fingerprint density at radius 2 is 1.95 bits per heavy atom. The van der Waals surface area contributed by atoms with Gasteiger partial charge in [0.05, 0.1) is 23.3 Å². The van der Waals surface area contributed by atoms with Crippen molar-refractivity contribution in [1.82, 2.24) is 0 Å². The topological polar surface area (TPSA) is 89.7 Å². The Balaban J connectivity index is 2.43. The molecule has 1 aromatic rings. The van der Waals surface area contributed by atoms with E-state index in [1.165, 1.54) is 19.2 Å². The normalized spacial score (nSPS) is 16.8. The van der Waals surface area contributed by atoms with Gasteiger partial charge in [0.25, 0.3) is 0 Å². The lowest BCUT2D eigenvalue weighted by atomic mass is 9.98. The van der Waals surface area contributed by atoms with E-state index in [1.807, 2.05) is 0 Å². The van der Waals surface area contributed by atoms with Crippen molar-refractivity contribution in [2.75, 3.05) is 25.1 Å². The van der Waals surface area contributed by atoms with Gasteiger partial charge >= 0.3 is 5.97 Å². The second kappa shape index (κ2) is 6.03. The number of esters is 1. The van der Waals surface area contributed by atoms with Gasteiger partial charge in [0.2, 0.25) is 10.0 Å². The number of nitrogens with zero attached hydrogens (tertiary/aromatic N) is 1. The van der Waals surface area contributed by atoms with Crippen molar-refractivity contribution < 1.29 is 17.9 Å². The van der Waals surface area contributed by atoms with E-state index in [2.05, 4.69) is 11.8 Å². The Labute approximate surface area is 124 Å². The monoisotopic (exact) mass is 312 g/mol. The third-order valence-corrected chi connectivity index (χ3v) is 4.74. The molecule has 0 atom stereocenters. The molecule has 1 saturated heterocycles. The highest BCUT2D eigenvalue weighted by molar-refractivity contribution is 7.89. The molecule has 0 amide bonds. The Kier molecular flexibility index (Phi) is 4.53. The molecule has 1 fully saturated rings. The van der Waals surface area contributed by atoms with Crippen molar-refractivity contribution >= 4 is 21.7 Å². The molecule has 21 heavy (non-hydrogen) atoms. The van der Waals surface area contributed by atoms with Crippen LogP contribution >= 0.6 is 0 Å². The summed E-state index contributed by atoms with van der Waals surface area (Å²) in [5.41, 5.74) is 0.930. The summed E-state index contributed by atoms with van der Waals surface area (Å²) in [7, 11) is -2.58. The van der Waals surface area contributed by atoms with Crippen LogP contribution in [0.3, 0.4) is 0 Å². The summed E-state index contributed by atoms with van der Waals surface area (Å²) in [6.45, 7) is 3.86. The number of carbonyl (C=O) groups is 1. The van der Waals surface area contributed by atoms with Crippen LogP contribution in [0.15, 0.2) is 23.1 Å².